The van der Waals surface area contributed by atoms with Gasteiger partial charge in [0.2, 0.25) is 11.8 Å². The molecule has 1 unspecified atom stereocenters. The van der Waals surface area contributed by atoms with Crippen molar-refractivity contribution in [2.75, 3.05) is 31.6 Å². The highest BCUT2D eigenvalue weighted by atomic mass is 35.5. The Morgan fingerprint density at radius 1 is 1.23 bits per heavy atom. The van der Waals surface area contributed by atoms with E-state index >= 15 is 0 Å². The van der Waals surface area contributed by atoms with Crippen LogP contribution >= 0.6 is 12.4 Å². The zero-order valence-corrected chi connectivity index (χ0v) is 14.1. The maximum absolute atomic E-state index is 12.5. The Morgan fingerprint density at radius 2 is 1.86 bits per heavy atom. The Labute approximate surface area is 137 Å². The molecule has 22 heavy (non-hydrogen) atoms. The molecule has 1 heterocycles. The molecule has 5 nitrogen and oxygen atoms in total. The van der Waals surface area contributed by atoms with E-state index in [9.17, 15) is 9.59 Å². The molecule has 0 bridgehead atoms. The second-order valence-electron chi connectivity index (χ2n) is 5.57. The van der Waals surface area contributed by atoms with Crippen molar-refractivity contribution in [2.45, 2.75) is 20.3 Å². The van der Waals surface area contributed by atoms with Crippen molar-refractivity contribution in [3.05, 3.63) is 29.3 Å². The number of carbonyl (C=O) groups is 2. The highest BCUT2D eigenvalue weighted by molar-refractivity contribution is 6.09. The fourth-order valence-electron chi connectivity index (χ4n) is 2.72. The molecule has 2 N–H and O–H groups in total. The maximum Gasteiger partial charge on any atom is 0.239 e. The minimum atomic E-state index is -0.553. The normalized spacial score (nSPS) is 17.3. The standard InChI is InChI=1S/C16H23N3O2.ClH/c1-11-8-12(2)10-13(9-11)19-7-4-14(16(19)21)15(20)18-6-5-17-3;/h8-10,14,17H,4-7H2,1-3H3,(H,18,20);1H. The molecule has 0 spiro atoms. The molecule has 0 aliphatic carbocycles. The lowest BCUT2D eigenvalue weighted by Gasteiger charge is -2.18. The van der Waals surface area contributed by atoms with E-state index in [1.54, 1.807) is 4.90 Å². The minimum Gasteiger partial charge on any atom is -0.354 e. The molecule has 1 aromatic carbocycles. The number of hydrogen-bond acceptors (Lipinski definition) is 3. The highest BCUT2D eigenvalue weighted by Crippen LogP contribution is 2.27. The van der Waals surface area contributed by atoms with Gasteiger partial charge in [0.25, 0.3) is 0 Å². The Bertz CT molecular complexity index is 528. The second kappa shape index (κ2) is 8.15. The van der Waals surface area contributed by atoms with Crippen LogP contribution in [-0.4, -0.2) is 38.5 Å². The fraction of sp³-hybridized carbons (Fsp3) is 0.500. The summed E-state index contributed by atoms with van der Waals surface area (Å²) in [5, 5.41) is 5.76. The fourth-order valence-corrected chi connectivity index (χ4v) is 2.72. The number of benzene rings is 1. The highest BCUT2D eigenvalue weighted by Gasteiger charge is 2.37. The maximum atomic E-state index is 12.5. The smallest absolute Gasteiger partial charge is 0.239 e. The number of rotatable bonds is 5. The van der Waals surface area contributed by atoms with Gasteiger partial charge in [-0.1, -0.05) is 6.07 Å². The van der Waals surface area contributed by atoms with Crippen molar-refractivity contribution in [2.24, 2.45) is 5.92 Å². The summed E-state index contributed by atoms with van der Waals surface area (Å²) >= 11 is 0. The molecule has 1 fully saturated rings. The van der Waals surface area contributed by atoms with E-state index < -0.39 is 5.92 Å². The summed E-state index contributed by atoms with van der Waals surface area (Å²) < 4.78 is 0. The molecule has 122 valence electrons. The number of halogens is 1. The molecular weight excluding hydrogens is 302 g/mol. The van der Waals surface area contributed by atoms with Gasteiger partial charge in [0, 0.05) is 25.3 Å². The average Bonchev–Trinajstić information content (AvgIpc) is 2.79. The number of nitrogens with one attached hydrogen (secondary N) is 2. The first-order valence-electron chi connectivity index (χ1n) is 7.35. The van der Waals surface area contributed by atoms with Gasteiger partial charge in [-0.05, 0) is 50.6 Å². The van der Waals surface area contributed by atoms with Gasteiger partial charge in [0.1, 0.15) is 5.92 Å². The number of hydrogen-bond donors (Lipinski definition) is 2. The van der Waals surface area contributed by atoms with Crippen LogP contribution in [0.5, 0.6) is 0 Å². The first-order chi connectivity index (χ1) is 10.0. The van der Waals surface area contributed by atoms with Crippen molar-refractivity contribution >= 4 is 29.9 Å². The molecule has 6 heteroatoms. The summed E-state index contributed by atoms with van der Waals surface area (Å²) in [7, 11) is 1.83. The Hall–Kier alpha value is -1.59. The molecule has 1 aliphatic heterocycles. The third-order valence-electron chi connectivity index (χ3n) is 3.71. The van der Waals surface area contributed by atoms with Gasteiger partial charge < -0.3 is 15.5 Å². The van der Waals surface area contributed by atoms with E-state index in [0.717, 1.165) is 16.8 Å². The molecule has 0 aromatic heterocycles. The van der Waals surface area contributed by atoms with Gasteiger partial charge in [0.15, 0.2) is 0 Å². The largest absolute Gasteiger partial charge is 0.354 e. The molecule has 1 saturated heterocycles. The SMILES string of the molecule is CNCCNC(=O)C1CCN(c2cc(C)cc(C)c2)C1=O.Cl. The van der Waals surface area contributed by atoms with Gasteiger partial charge in [-0.3, -0.25) is 9.59 Å². The average molecular weight is 326 g/mol. The van der Waals surface area contributed by atoms with Crippen LogP contribution in [0.3, 0.4) is 0 Å². The lowest BCUT2D eigenvalue weighted by molar-refractivity contribution is -0.132. The first-order valence-corrected chi connectivity index (χ1v) is 7.35. The van der Waals surface area contributed by atoms with Crippen molar-refractivity contribution in [3.63, 3.8) is 0 Å². The van der Waals surface area contributed by atoms with Crippen molar-refractivity contribution in [1.29, 1.82) is 0 Å². The van der Waals surface area contributed by atoms with Crippen LogP contribution in [0.25, 0.3) is 0 Å². The van der Waals surface area contributed by atoms with Gasteiger partial charge >= 0.3 is 0 Å². The van der Waals surface area contributed by atoms with Crippen LogP contribution in [0.2, 0.25) is 0 Å². The van der Waals surface area contributed by atoms with Crippen LogP contribution in [0, 0.1) is 19.8 Å². The minimum absolute atomic E-state index is 0. The quantitative estimate of drug-likeness (QED) is 0.635. The van der Waals surface area contributed by atoms with Crippen molar-refractivity contribution in [3.8, 4) is 0 Å². The third-order valence-corrected chi connectivity index (χ3v) is 3.71. The first kappa shape index (κ1) is 18.5. The summed E-state index contributed by atoms with van der Waals surface area (Å²) in [4.78, 5) is 26.2. The summed E-state index contributed by atoms with van der Waals surface area (Å²) in [5.74, 6) is -0.813. The molecule has 2 rings (SSSR count). The summed E-state index contributed by atoms with van der Waals surface area (Å²) in [5.41, 5.74) is 3.14. The van der Waals surface area contributed by atoms with Gasteiger partial charge in [0.05, 0.1) is 0 Å². The second-order valence-corrected chi connectivity index (χ2v) is 5.57. The molecule has 1 atom stereocenters. The number of carbonyl (C=O) groups excluding carboxylic acids is 2. The van der Waals surface area contributed by atoms with E-state index in [0.29, 0.717) is 26.1 Å². The van der Waals surface area contributed by atoms with E-state index in [1.165, 1.54) is 0 Å². The monoisotopic (exact) mass is 325 g/mol. The van der Waals surface area contributed by atoms with Gasteiger partial charge in [-0.25, -0.2) is 0 Å². The number of amides is 2. The molecular formula is C16H24ClN3O2. The van der Waals surface area contributed by atoms with Gasteiger partial charge in [-0.2, -0.15) is 0 Å². The van der Waals surface area contributed by atoms with Gasteiger partial charge in [-0.15, -0.1) is 12.4 Å². The Kier molecular flexibility index (Phi) is 6.84. The zero-order valence-electron chi connectivity index (χ0n) is 13.3. The van der Waals surface area contributed by atoms with E-state index in [4.69, 9.17) is 0 Å². The third kappa shape index (κ3) is 4.21. The summed E-state index contributed by atoms with van der Waals surface area (Å²) in [6, 6.07) is 6.06. The number of nitrogens with zero attached hydrogens (tertiary/aromatic N) is 1. The number of anilines is 1. The lowest BCUT2D eigenvalue weighted by Crippen LogP contribution is -2.39. The van der Waals surface area contributed by atoms with Crippen LogP contribution in [-0.2, 0) is 9.59 Å². The lowest BCUT2D eigenvalue weighted by atomic mass is 10.1. The Morgan fingerprint density at radius 3 is 2.45 bits per heavy atom. The Balaban J connectivity index is 0.00000242. The number of aryl methyl sites for hydroxylation is 2. The number of likely N-dealkylation sites (N-methyl/N-ethyl adjacent to an activating group) is 1. The molecule has 1 aliphatic rings. The van der Waals surface area contributed by atoms with Crippen LogP contribution < -0.4 is 15.5 Å². The van der Waals surface area contributed by atoms with E-state index in [-0.39, 0.29) is 24.2 Å². The van der Waals surface area contributed by atoms with E-state index in [2.05, 4.69) is 16.7 Å². The molecule has 0 radical (unpaired) electrons. The summed E-state index contributed by atoms with van der Waals surface area (Å²) in [6.45, 7) is 5.87. The van der Waals surface area contributed by atoms with Crippen LogP contribution in [0.15, 0.2) is 18.2 Å². The van der Waals surface area contributed by atoms with E-state index in [1.807, 2.05) is 33.0 Å². The summed E-state index contributed by atoms with van der Waals surface area (Å²) in [6.07, 6.45) is 0.581. The predicted molar refractivity (Wildman–Crippen MR) is 90.6 cm³/mol. The van der Waals surface area contributed by atoms with Crippen molar-refractivity contribution in [1.82, 2.24) is 10.6 Å². The molecule has 0 saturated carbocycles. The molecule has 2 amide bonds. The zero-order chi connectivity index (χ0) is 15.4. The van der Waals surface area contributed by atoms with Crippen molar-refractivity contribution < 1.29 is 9.59 Å². The topological polar surface area (TPSA) is 61.4 Å². The molecule has 1 aromatic rings. The predicted octanol–water partition coefficient (Wildman–Crippen LogP) is 1.41. The van der Waals surface area contributed by atoms with Crippen LogP contribution in [0.1, 0.15) is 17.5 Å². The van der Waals surface area contributed by atoms with Crippen LogP contribution in [0.4, 0.5) is 5.69 Å².